The maximum Gasteiger partial charge on any atom is 0.326 e. The molecule has 0 amide bonds. The van der Waals surface area contributed by atoms with Gasteiger partial charge in [-0.15, -0.1) is 0 Å². The molecule has 1 aromatic rings. The van der Waals surface area contributed by atoms with E-state index in [0.717, 1.165) is 50.3 Å². The van der Waals surface area contributed by atoms with Gasteiger partial charge < -0.3 is 9.67 Å². The van der Waals surface area contributed by atoms with Crippen LogP contribution in [-0.2, 0) is 11.2 Å². The van der Waals surface area contributed by atoms with Gasteiger partial charge in [-0.1, -0.05) is 13.3 Å². The lowest BCUT2D eigenvalue weighted by atomic mass is 9.99. The van der Waals surface area contributed by atoms with Gasteiger partial charge in [-0.05, 0) is 45.2 Å². The molecule has 1 fully saturated rings. The molecule has 2 atom stereocenters. The SMILES string of the molecule is CCN1CCCCC1c1ncc2n1C(C(=O)O)CCC2. The van der Waals surface area contributed by atoms with Crippen molar-refractivity contribution in [3.8, 4) is 0 Å². The summed E-state index contributed by atoms with van der Waals surface area (Å²) in [7, 11) is 0. The molecule has 0 aromatic carbocycles. The fourth-order valence-corrected chi connectivity index (χ4v) is 3.71. The predicted molar refractivity (Wildman–Crippen MR) is 75.7 cm³/mol. The Balaban J connectivity index is 1.98. The normalized spacial score (nSPS) is 27.2. The molecule has 3 rings (SSSR count). The molecule has 0 saturated carbocycles. The molecule has 1 N–H and O–H groups in total. The monoisotopic (exact) mass is 277 g/mol. The van der Waals surface area contributed by atoms with Crippen LogP contribution in [0.15, 0.2) is 6.20 Å². The van der Waals surface area contributed by atoms with E-state index in [4.69, 9.17) is 0 Å². The number of carbonyl (C=O) groups is 1. The first-order valence-electron chi connectivity index (χ1n) is 7.75. The molecule has 0 radical (unpaired) electrons. The first-order valence-corrected chi connectivity index (χ1v) is 7.75. The zero-order valence-corrected chi connectivity index (χ0v) is 12.1. The van der Waals surface area contributed by atoms with E-state index in [-0.39, 0.29) is 0 Å². The molecule has 2 unspecified atom stereocenters. The lowest BCUT2D eigenvalue weighted by Gasteiger charge is -2.36. The number of likely N-dealkylation sites (tertiary alicyclic amines) is 1. The van der Waals surface area contributed by atoms with E-state index in [0.29, 0.717) is 6.04 Å². The molecule has 0 aliphatic carbocycles. The predicted octanol–water partition coefficient (Wildman–Crippen LogP) is 2.39. The number of rotatable bonds is 3. The highest BCUT2D eigenvalue weighted by molar-refractivity contribution is 5.72. The molecular weight excluding hydrogens is 254 g/mol. The zero-order valence-electron chi connectivity index (χ0n) is 12.1. The van der Waals surface area contributed by atoms with Gasteiger partial charge in [0.2, 0.25) is 0 Å². The number of nitrogens with zero attached hydrogens (tertiary/aromatic N) is 3. The summed E-state index contributed by atoms with van der Waals surface area (Å²) >= 11 is 0. The third kappa shape index (κ3) is 2.24. The smallest absolute Gasteiger partial charge is 0.326 e. The summed E-state index contributed by atoms with van der Waals surface area (Å²) in [5.74, 6) is 0.262. The summed E-state index contributed by atoms with van der Waals surface area (Å²) in [6.45, 7) is 4.28. The van der Waals surface area contributed by atoms with Gasteiger partial charge in [-0.2, -0.15) is 0 Å². The Kier molecular flexibility index (Phi) is 3.78. The van der Waals surface area contributed by atoms with Gasteiger partial charge in [-0.3, -0.25) is 4.90 Å². The number of imidazole rings is 1. The van der Waals surface area contributed by atoms with Gasteiger partial charge in [0.1, 0.15) is 11.9 Å². The summed E-state index contributed by atoms with van der Waals surface area (Å²) in [5, 5.41) is 9.49. The molecule has 5 nitrogen and oxygen atoms in total. The molecule has 1 saturated heterocycles. The van der Waals surface area contributed by atoms with Gasteiger partial charge in [0.05, 0.1) is 6.04 Å². The highest BCUT2D eigenvalue weighted by atomic mass is 16.4. The number of carboxylic acids is 1. The third-order valence-electron chi connectivity index (χ3n) is 4.73. The van der Waals surface area contributed by atoms with E-state index in [1.807, 2.05) is 10.8 Å². The number of piperidine rings is 1. The van der Waals surface area contributed by atoms with Crippen LogP contribution in [-0.4, -0.2) is 38.6 Å². The average Bonchev–Trinajstić information content (AvgIpc) is 2.90. The number of aromatic nitrogens is 2. The van der Waals surface area contributed by atoms with Crippen LogP contribution in [0.2, 0.25) is 0 Å². The Labute approximate surface area is 119 Å². The third-order valence-corrected chi connectivity index (χ3v) is 4.73. The van der Waals surface area contributed by atoms with Crippen molar-refractivity contribution < 1.29 is 9.90 Å². The molecule has 3 heterocycles. The van der Waals surface area contributed by atoms with Gasteiger partial charge in [0.25, 0.3) is 0 Å². The van der Waals surface area contributed by atoms with E-state index in [2.05, 4.69) is 16.8 Å². The largest absolute Gasteiger partial charge is 0.480 e. The van der Waals surface area contributed by atoms with Gasteiger partial charge in [0, 0.05) is 11.9 Å². The van der Waals surface area contributed by atoms with Crippen LogP contribution in [0.25, 0.3) is 0 Å². The van der Waals surface area contributed by atoms with Crippen molar-refractivity contribution >= 4 is 5.97 Å². The maximum absolute atomic E-state index is 11.5. The highest BCUT2D eigenvalue weighted by Gasteiger charge is 2.33. The molecule has 20 heavy (non-hydrogen) atoms. The van der Waals surface area contributed by atoms with Crippen LogP contribution in [0.3, 0.4) is 0 Å². The number of aliphatic carboxylic acids is 1. The second-order valence-corrected chi connectivity index (χ2v) is 5.86. The Morgan fingerprint density at radius 2 is 2.25 bits per heavy atom. The van der Waals surface area contributed by atoms with E-state index in [1.165, 1.54) is 12.8 Å². The number of fused-ring (bicyclic) bond motifs is 1. The number of hydrogen-bond acceptors (Lipinski definition) is 3. The Morgan fingerprint density at radius 1 is 1.40 bits per heavy atom. The van der Waals surface area contributed by atoms with E-state index < -0.39 is 12.0 Å². The molecule has 110 valence electrons. The summed E-state index contributed by atoms with van der Waals surface area (Å²) in [4.78, 5) is 18.6. The lowest BCUT2D eigenvalue weighted by Crippen LogP contribution is -2.36. The van der Waals surface area contributed by atoms with Crippen LogP contribution in [0, 0.1) is 0 Å². The quantitative estimate of drug-likeness (QED) is 0.921. The molecule has 1 aromatic heterocycles. The van der Waals surface area contributed by atoms with Crippen LogP contribution in [0.1, 0.15) is 62.6 Å². The average molecular weight is 277 g/mol. The maximum atomic E-state index is 11.5. The van der Waals surface area contributed by atoms with Crippen molar-refractivity contribution in [2.45, 2.75) is 57.5 Å². The zero-order chi connectivity index (χ0) is 14.1. The highest BCUT2D eigenvalue weighted by Crippen LogP contribution is 2.35. The van der Waals surface area contributed by atoms with Crippen molar-refractivity contribution in [1.29, 1.82) is 0 Å². The second kappa shape index (κ2) is 5.56. The standard InChI is InChI=1S/C15H23N3O2/c1-2-17-9-4-3-7-12(17)14-16-10-11-6-5-8-13(15(19)20)18(11)14/h10,12-13H,2-9H2,1H3,(H,19,20). The van der Waals surface area contributed by atoms with Crippen molar-refractivity contribution in [3.63, 3.8) is 0 Å². The van der Waals surface area contributed by atoms with Crippen LogP contribution in [0.5, 0.6) is 0 Å². The van der Waals surface area contributed by atoms with Gasteiger partial charge in [0.15, 0.2) is 0 Å². The van der Waals surface area contributed by atoms with Gasteiger partial charge in [-0.25, -0.2) is 9.78 Å². The van der Waals surface area contributed by atoms with Gasteiger partial charge >= 0.3 is 5.97 Å². The van der Waals surface area contributed by atoms with E-state index in [9.17, 15) is 9.90 Å². The first kappa shape index (κ1) is 13.6. The molecular formula is C15H23N3O2. The number of hydrogen-bond donors (Lipinski definition) is 1. The number of aryl methyl sites for hydroxylation is 1. The summed E-state index contributed by atoms with van der Waals surface area (Å²) in [6.07, 6.45) is 8.06. The number of carboxylic acid groups (broad SMARTS) is 1. The Morgan fingerprint density at radius 3 is 3.00 bits per heavy atom. The first-order chi connectivity index (χ1) is 9.72. The molecule has 2 aliphatic rings. The second-order valence-electron chi connectivity index (χ2n) is 5.86. The van der Waals surface area contributed by atoms with Crippen molar-refractivity contribution in [3.05, 3.63) is 17.7 Å². The molecule has 2 aliphatic heterocycles. The minimum atomic E-state index is -0.718. The Bertz CT molecular complexity index is 497. The fraction of sp³-hybridized carbons (Fsp3) is 0.733. The minimum Gasteiger partial charge on any atom is -0.480 e. The van der Waals surface area contributed by atoms with Crippen LogP contribution >= 0.6 is 0 Å². The van der Waals surface area contributed by atoms with Crippen molar-refractivity contribution in [2.24, 2.45) is 0 Å². The van der Waals surface area contributed by atoms with Crippen LogP contribution < -0.4 is 0 Å². The Hall–Kier alpha value is -1.36. The van der Waals surface area contributed by atoms with Crippen molar-refractivity contribution in [1.82, 2.24) is 14.5 Å². The minimum absolute atomic E-state index is 0.294. The van der Waals surface area contributed by atoms with Crippen molar-refractivity contribution in [2.75, 3.05) is 13.1 Å². The fourth-order valence-electron chi connectivity index (χ4n) is 3.71. The molecule has 0 spiro atoms. The summed E-state index contributed by atoms with van der Waals surface area (Å²) < 4.78 is 2.02. The topological polar surface area (TPSA) is 58.4 Å². The van der Waals surface area contributed by atoms with E-state index in [1.54, 1.807) is 0 Å². The van der Waals surface area contributed by atoms with E-state index >= 15 is 0 Å². The lowest BCUT2D eigenvalue weighted by molar-refractivity contribution is -0.141. The summed E-state index contributed by atoms with van der Waals surface area (Å²) in [6, 6.07) is -0.126. The molecule has 0 bridgehead atoms. The van der Waals surface area contributed by atoms with Crippen LogP contribution in [0.4, 0.5) is 0 Å². The summed E-state index contributed by atoms with van der Waals surface area (Å²) in [5.41, 5.74) is 1.10. The molecule has 5 heteroatoms.